The van der Waals surface area contributed by atoms with E-state index in [9.17, 15) is 19.2 Å². The molecule has 10 rings (SSSR count). The normalized spacial score (nSPS) is 15.4. The van der Waals surface area contributed by atoms with Crippen molar-refractivity contribution >= 4 is 125 Å². The Labute approximate surface area is 434 Å². The van der Waals surface area contributed by atoms with Crippen molar-refractivity contribution < 1.29 is 38.1 Å². The molecule has 2 aromatic heterocycles. The lowest BCUT2D eigenvalue weighted by atomic mass is 9.95. The molecule has 2 aliphatic heterocycles. The fraction of sp³-hybridized carbons (Fsp3) is 0.273. The van der Waals surface area contributed by atoms with Crippen LogP contribution in [-0.4, -0.2) is 102 Å². The monoisotopic (exact) mass is 1050 g/mol. The first-order valence-corrected chi connectivity index (χ1v) is 25.2. The molecular formula is C55H49Cl4N5O8. The predicted octanol–water partition coefficient (Wildman–Crippen LogP) is 12.2. The molecule has 0 fully saturated rings. The van der Waals surface area contributed by atoms with Crippen LogP contribution in [0.5, 0.6) is 23.0 Å². The van der Waals surface area contributed by atoms with Gasteiger partial charge in [0.05, 0.1) is 29.1 Å². The number of carbonyl (C=O) groups excluding carboxylic acids is 4. The minimum Gasteiger partial charge on any atom is -0.493 e. The summed E-state index contributed by atoms with van der Waals surface area (Å²) in [7, 11) is 3.88. The van der Waals surface area contributed by atoms with Crippen LogP contribution in [0.15, 0.2) is 97.1 Å². The standard InChI is InChI=1S/C55H49Cl4N5O8/c1-6-69-46-21-40-30(17-36(46)28(2)65)19-42(60-40)54(67)63-25-38(52(56)57)50-34-13-9-7-11-32(34)48(23-44(50)63)71-27-72-49-24-45-51(35-14-10-8-12-33(35)49)39(53(58)59)26-64(45)55(68)43-20-31-18-37(29(3)66)47(22-41(31)61-43)70-16-15-62(4)5/h7-14,17-24,38-39,52-53,60-61H,6,15-16,25-27H2,1-5H3/t38-,39-/m1/s1. The summed E-state index contributed by atoms with van der Waals surface area (Å²) in [5.41, 5.74) is 5.47. The SMILES string of the molecule is CCOc1cc2[nH]c(C(=O)N3C[C@@H](C(Cl)Cl)c4c3cc(OCOc3cc5c(c6ccccc36)[C@H](C(Cl)Cl)CN5C(=O)c3cc5cc(C(C)=O)c(OCCN(C)C)cc5[nH]3)c3ccccc43)cc2cc1C(C)=O. The van der Waals surface area contributed by atoms with Gasteiger partial charge in [-0.2, -0.15) is 0 Å². The van der Waals surface area contributed by atoms with Crippen LogP contribution < -0.4 is 28.7 Å². The number of H-pyrrole nitrogens is 2. The van der Waals surface area contributed by atoms with Crippen molar-refractivity contribution in [3.05, 3.63) is 131 Å². The molecule has 0 saturated heterocycles. The minimum atomic E-state index is -0.848. The maximum atomic E-state index is 14.7. The van der Waals surface area contributed by atoms with Crippen LogP contribution in [0.25, 0.3) is 43.4 Å². The van der Waals surface area contributed by atoms with Gasteiger partial charge in [-0.15, -0.1) is 46.4 Å². The van der Waals surface area contributed by atoms with Crippen molar-refractivity contribution in [1.82, 2.24) is 14.9 Å². The molecule has 72 heavy (non-hydrogen) atoms. The number of hydrogen-bond acceptors (Lipinski definition) is 9. The number of Topliss-reactive ketones (excluding diaryl/α,β-unsaturated/α-hetero) is 2. The van der Waals surface area contributed by atoms with E-state index < -0.39 is 21.5 Å². The van der Waals surface area contributed by atoms with Crippen molar-refractivity contribution in [2.24, 2.45) is 0 Å². The molecule has 0 radical (unpaired) electrons. The number of alkyl halides is 4. The van der Waals surface area contributed by atoms with Gasteiger partial charge in [0, 0.05) is 88.3 Å². The third-order valence-corrected chi connectivity index (χ3v) is 14.6. The average molecular weight is 1050 g/mol. The summed E-state index contributed by atoms with van der Waals surface area (Å²) < 4.78 is 24.9. The Morgan fingerprint density at radius 1 is 0.597 bits per heavy atom. The number of hydrogen-bond donors (Lipinski definition) is 2. The van der Waals surface area contributed by atoms with E-state index in [4.69, 9.17) is 65.4 Å². The number of nitrogens with zero attached hydrogens (tertiary/aromatic N) is 3. The van der Waals surface area contributed by atoms with Gasteiger partial charge in [0.2, 0.25) is 6.79 Å². The number of rotatable bonds is 16. The number of benzene rings is 6. The molecule has 0 aliphatic carbocycles. The number of carbonyl (C=O) groups is 4. The average Bonchev–Trinajstić information content (AvgIpc) is 4.16. The van der Waals surface area contributed by atoms with Crippen molar-refractivity contribution in [3.63, 3.8) is 0 Å². The van der Waals surface area contributed by atoms with Gasteiger partial charge in [-0.05, 0) is 81.0 Å². The van der Waals surface area contributed by atoms with E-state index in [-0.39, 0.29) is 43.3 Å². The summed E-state index contributed by atoms with van der Waals surface area (Å²) in [4.78, 5) is 64.6. The lowest BCUT2D eigenvalue weighted by Gasteiger charge is -2.20. The highest BCUT2D eigenvalue weighted by atomic mass is 35.5. The molecule has 6 aromatic carbocycles. The molecule has 0 unspecified atom stereocenters. The quantitative estimate of drug-likeness (QED) is 0.0548. The molecule has 370 valence electrons. The minimum absolute atomic E-state index is 0.153. The number of anilines is 2. The van der Waals surface area contributed by atoms with Gasteiger partial charge < -0.3 is 43.6 Å². The molecule has 4 heterocycles. The Hall–Kier alpha value is -6.48. The molecular weight excluding hydrogens is 1000 g/mol. The first-order valence-electron chi connectivity index (χ1n) is 23.4. The van der Waals surface area contributed by atoms with Crippen molar-refractivity contribution in [1.29, 1.82) is 0 Å². The Balaban J connectivity index is 0.975. The first-order chi connectivity index (χ1) is 34.6. The van der Waals surface area contributed by atoms with Gasteiger partial charge in [-0.3, -0.25) is 19.2 Å². The number of likely N-dealkylation sites (N-methyl/N-ethyl adjacent to an activating group) is 1. The molecule has 0 bridgehead atoms. The molecule has 2 amide bonds. The summed E-state index contributed by atoms with van der Waals surface area (Å²) in [5.74, 6) is -0.0798. The molecule has 8 aromatic rings. The summed E-state index contributed by atoms with van der Waals surface area (Å²) in [6.45, 7) is 6.33. The highest BCUT2D eigenvalue weighted by Gasteiger charge is 2.41. The zero-order chi connectivity index (χ0) is 50.7. The molecule has 13 nitrogen and oxygen atoms in total. The van der Waals surface area contributed by atoms with Crippen LogP contribution >= 0.6 is 46.4 Å². The number of nitrogens with one attached hydrogen (secondary N) is 2. The maximum Gasteiger partial charge on any atom is 0.274 e. The first kappa shape index (κ1) is 49.1. The number of halogens is 4. The molecule has 0 saturated carbocycles. The second kappa shape index (κ2) is 19.8. The zero-order valence-corrected chi connectivity index (χ0v) is 42.9. The number of aromatic nitrogens is 2. The summed E-state index contributed by atoms with van der Waals surface area (Å²) in [6, 6.07) is 29.4. The summed E-state index contributed by atoms with van der Waals surface area (Å²) in [5, 5.41) is 4.49. The van der Waals surface area contributed by atoms with Crippen molar-refractivity contribution in [2.45, 2.75) is 42.3 Å². The van der Waals surface area contributed by atoms with E-state index in [1.165, 1.54) is 13.8 Å². The van der Waals surface area contributed by atoms with Gasteiger partial charge in [0.1, 0.15) is 50.7 Å². The highest BCUT2D eigenvalue weighted by Crippen LogP contribution is 2.50. The van der Waals surface area contributed by atoms with Gasteiger partial charge in [0.15, 0.2) is 11.6 Å². The van der Waals surface area contributed by atoms with Gasteiger partial charge in [0.25, 0.3) is 11.8 Å². The Morgan fingerprint density at radius 2 is 1.03 bits per heavy atom. The van der Waals surface area contributed by atoms with E-state index in [0.29, 0.717) is 98.5 Å². The molecule has 2 N–H and O–H groups in total. The number of ketones is 2. The lowest BCUT2D eigenvalue weighted by Crippen LogP contribution is -2.31. The van der Waals surface area contributed by atoms with E-state index in [1.807, 2.05) is 86.6 Å². The number of fused-ring (bicyclic) bond motifs is 8. The van der Waals surface area contributed by atoms with E-state index in [0.717, 1.165) is 32.7 Å². The largest absolute Gasteiger partial charge is 0.493 e. The number of ether oxygens (including phenoxy) is 4. The van der Waals surface area contributed by atoms with Crippen LogP contribution in [0, 0.1) is 0 Å². The summed E-state index contributed by atoms with van der Waals surface area (Å²) in [6.07, 6.45) is 0. The van der Waals surface area contributed by atoms with Gasteiger partial charge in [-0.1, -0.05) is 48.5 Å². The summed E-state index contributed by atoms with van der Waals surface area (Å²) >= 11 is 26.8. The Bertz CT molecular complexity index is 3500. The zero-order valence-electron chi connectivity index (χ0n) is 39.9. The topological polar surface area (TPSA) is 146 Å². The van der Waals surface area contributed by atoms with Crippen LogP contribution in [-0.2, 0) is 0 Å². The third kappa shape index (κ3) is 8.95. The second-order valence-electron chi connectivity index (χ2n) is 18.3. The van der Waals surface area contributed by atoms with E-state index in [1.54, 1.807) is 46.2 Å². The van der Waals surface area contributed by atoms with Crippen molar-refractivity contribution in [2.75, 3.05) is 63.5 Å². The predicted molar refractivity (Wildman–Crippen MR) is 286 cm³/mol. The Kier molecular flexibility index (Phi) is 13.5. The maximum absolute atomic E-state index is 14.7. The van der Waals surface area contributed by atoms with Crippen molar-refractivity contribution in [3.8, 4) is 23.0 Å². The van der Waals surface area contributed by atoms with Crippen LogP contribution in [0.4, 0.5) is 11.4 Å². The van der Waals surface area contributed by atoms with E-state index >= 15 is 0 Å². The Morgan fingerprint density at radius 3 is 1.43 bits per heavy atom. The van der Waals surface area contributed by atoms with Crippen LogP contribution in [0.3, 0.4) is 0 Å². The molecule has 2 aliphatic rings. The van der Waals surface area contributed by atoms with Gasteiger partial charge >= 0.3 is 0 Å². The number of amides is 2. The third-order valence-electron chi connectivity index (χ3n) is 13.4. The van der Waals surface area contributed by atoms with E-state index in [2.05, 4.69) is 9.97 Å². The van der Waals surface area contributed by atoms with Crippen LogP contribution in [0.1, 0.15) is 85.4 Å². The van der Waals surface area contributed by atoms with Crippen LogP contribution in [0.2, 0.25) is 0 Å². The molecule has 17 heteroatoms. The fourth-order valence-corrected chi connectivity index (χ4v) is 10.8. The second-order valence-corrected chi connectivity index (χ2v) is 20.6. The highest BCUT2D eigenvalue weighted by molar-refractivity contribution is 6.45. The lowest BCUT2D eigenvalue weighted by molar-refractivity contribution is 0.0976. The molecule has 2 atom stereocenters. The van der Waals surface area contributed by atoms with Gasteiger partial charge in [-0.25, -0.2) is 0 Å². The molecule has 0 spiro atoms. The smallest absolute Gasteiger partial charge is 0.274 e. The number of aromatic amines is 2. The fourth-order valence-electron chi connectivity index (χ4n) is 10.0.